The molecule has 2 fully saturated rings. The predicted octanol–water partition coefficient (Wildman–Crippen LogP) is 5.03. The zero-order valence-electron chi connectivity index (χ0n) is 25.3. The highest BCUT2D eigenvalue weighted by molar-refractivity contribution is 8.93. The van der Waals surface area contributed by atoms with Crippen molar-refractivity contribution < 1.29 is 13.9 Å². The molecule has 3 aromatic rings. The molecule has 2 aliphatic heterocycles. The number of likely N-dealkylation sites (tertiary alicyclic amines) is 1. The number of rotatable bonds is 10. The normalized spacial score (nSPS) is 17.2. The summed E-state index contributed by atoms with van der Waals surface area (Å²) in [5, 5.41) is 0.702. The first-order chi connectivity index (χ1) is 20.8. The van der Waals surface area contributed by atoms with Gasteiger partial charge in [0, 0.05) is 73.5 Å². The van der Waals surface area contributed by atoms with Crippen molar-refractivity contribution in [2.24, 2.45) is 11.7 Å². The van der Waals surface area contributed by atoms with Crippen LogP contribution in [0.5, 0.6) is 5.75 Å². The zero-order chi connectivity index (χ0) is 30.3. The van der Waals surface area contributed by atoms with E-state index in [2.05, 4.69) is 14.8 Å². The number of ether oxygens (including phenoxy) is 1. The lowest BCUT2D eigenvalue weighted by Crippen LogP contribution is -2.55. The largest absolute Gasteiger partial charge is 0.493 e. The summed E-state index contributed by atoms with van der Waals surface area (Å²) >= 11 is 6.35. The van der Waals surface area contributed by atoms with Crippen molar-refractivity contribution in [3.05, 3.63) is 76.8 Å². The number of aromatic nitrogens is 1. The minimum absolute atomic E-state index is 0. The Labute approximate surface area is 275 Å². The molecule has 1 unspecified atom stereocenters. The average molecular weight is 690 g/mol. The number of anilines is 1. The Morgan fingerprint density at radius 1 is 1.07 bits per heavy atom. The molecule has 11 heteroatoms. The quantitative estimate of drug-likeness (QED) is 0.308. The van der Waals surface area contributed by atoms with Crippen molar-refractivity contribution in [2.75, 3.05) is 58.2 Å². The van der Waals surface area contributed by atoms with E-state index < -0.39 is 6.04 Å². The van der Waals surface area contributed by atoms with Gasteiger partial charge in [-0.15, -0.1) is 17.0 Å². The van der Waals surface area contributed by atoms with Crippen molar-refractivity contribution in [2.45, 2.75) is 38.8 Å². The van der Waals surface area contributed by atoms with E-state index in [0.29, 0.717) is 61.4 Å². The molecule has 5 rings (SSSR count). The molecule has 1 amide bonds. The second kappa shape index (κ2) is 16.0. The van der Waals surface area contributed by atoms with E-state index in [9.17, 15) is 9.18 Å². The number of carbonyl (C=O) groups excluding carboxylic acids is 1. The first-order valence-corrected chi connectivity index (χ1v) is 15.6. The number of nitrogen functional groups attached to an aromatic ring is 1. The molecule has 1 atom stereocenters. The molecular weight excluding hydrogens is 647 g/mol. The summed E-state index contributed by atoms with van der Waals surface area (Å²) in [5.41, 5.74) is 17.2. The van der Waals surface area contributed by atoms with Gasteiger partial charge in [0.1, 0.15) is 11.6 Å². The highest BCUT2D eigenvalue weighted by Gasteiger charge is 2.33. The van der Waals surface area contributed by atoms with Crippen LogP contribution in [0.4, 0.5) is 10.1 Å². The van der Waals surface area contributed by atoms with Crippen LogP contribution in [0.2, 0.25) is 5.02 Å². The van der Waals surface area contributed by atoms with Crippen molar-refractivity contribution in [3.8, 4) is 16.9 Å². The summed E-state index contributed by atoms with van der Waals surface area (Å²) in [5.74, 6) is 0.507. The van der Waals surface area contributed by atoms with Gasteiger partial charge in [0.2, 0.25) is 5.91 Å². The number of benzene rings is 2. The number of halogens is 3. The molecule has 0 bridgehead atoms. The van der Waals surface area contributed by atoms with E-state index in [0.717, 1.165) is 55.6 Å². The summed E-state index contributed by atoms with van der Waals surface area (Å²) in [6.07, 6.45) is 6.10. The van der Waals surface area contributed by atoms with E-state index in [1.165, 1.54) is 6.07 Å². The number of hydrogen-bond donors (Lipinski definition) is 2. The van der Waals surface area contributed by atoms with Gasteiger partial charge in [-0.3, -0.25) is 14.7 Å². The lowest BCUT2D eigenvalue weighted by Gasteiger charge is -2.39. The fourth-order valence-electron chi connectivity index (χ4n) is 6.22. The number of hydrogen-bond acceptors (Lipinski definition) is 7. The zero-order valence-corrected chi connectivity index (χ0v) is 27.7. The third kappa shape index (κ3) is 8.28. The third-order valence-electron chi connectivity index (χ3n) is 8.78. The number of piperidine rings is 1. The predicted molar refractivity (Wildman–Crippen MR) is 180 cm³/mol. The van der Waals surface area contributed by atoms with Gasteiger partial charge in [0.15, 0.2) is 0 Å². The molecule has 4 N–H and O–H groups in total. The second-order valence-corrected chi connectivity index (χ2v) is 11.9. The van der Waals surface area contributed by atoms with Gasteiger partial charge < -0.3 is 26.0 Å². The minimum atomic E-state index is -0.502. The molecule has 2 aromatic carbocycles. The van der Waals surface area contributed by atoms with Crippen LogP contribution >= 0.6 is 28.6 Å². The molecule has 0 radical (unpaired) electrons. The van der Waals surface area contributed by atoms with Crippen LogP contribution in [0.3, 0.4) is 0 Å². The molecule has 3 heterocycles. The number of nitrogens with zero attached hydrogens (tertiary/aromatic N) is 4. The maximum absolute atomic E-state index is 14.5. The molecule has 8 nitrogen and oxygen atoms in total. The van der Waals surface area contributed by atoms with Gasteiger partial charge in [-0.05, 0) is 86.7 Å². The molecule has 238 valence electrons. The molecule has 1 aromatic heterocycles. The molecule has 2 aliphatic rings. The molecular formula is C33H43BrClFN6O2. The van der Waals surface area contributed by atoms with Crippen molar-refractivity contribution in [1.82, 2.24) is 19.7 Å². The third-order valence-corrected chi connectivity index (χ3v) is 9.01. The van der Waals surface area contributed by atoms with Gasteiger partial charge in [-0.25, -0.2) is 4.39 Å². The molecule has 0 aliphatic carbocycles. The lowest BCUT2D eigenvalue weighted by molar-refractivity contribution is -0.136. The topological polar surface area (TPSA) is 101 Å². The molecule has 0 spiro atoms. The van der Waals surface area contributed by atoms with E-state index >= 15 is 0 Å². The Kier molecular flexibility index (Phi) is 12.4. The van der Waals surface area contributed by atoms with Crippen LogP contribution in [-0.4, -0.2) is 84.1 Å². The fourth-order valence-corrected chi connectivity index (χ4v) is 6.42. The monoisotopic (exact) mass is 688 g/mol. The number of piperazine rings is 1. The maximum Gasteiger partial charge on any atom is 0.239 e. The van der Waals surface area contributed by atoms with Crippen molar-refractivity contribution in [3.63, 3.8) is 0 Å². The van der Waals surface area contributed by atoms with Crippen LogP contribution < -0.4 is 16.2 Å². The Balaban J connectivity index is 0.00000442. The minimum Gasteiger partial charge on any atom is -0.493 e. The van der Waals surface area contributed by atoms with Crippen LogP contribution in [0, 0.1) is 11.7 Å². The van der Waals surface area contributed by atoms with Gasteiger partial charge in [0.05, 0.1) is 12.6 Å². The summed E-state index contributed by atoms with van der Waals surface area (Å²) in [4.78, 5) is 24.1. The molecule has 2 saturated heterocycles. The Bertz CT molecular complexity index is 1400. The summed E-state index contributed by atoms with van der Waals surface area (Å²) in [6, 6.07) is 12.2. The van der Waals surface area contributed by atoms with E-state index in [1.807, 2.05) is 36.1 Å². The maximum atomic E-state index is 14.5. The first kappa shape index (κ1) is 34.1. The highest BCUT2D eigenvalue weighted by atomic mass is 79.9. The Morgan fingerprint density at radius 3 is 2.52 bits per heavy atom. The lowest BCUT2D eigenvalue weighted by atomic mass is 9.88. The van der Waals surface area contributed by atoms with Gasteiger partial charge in [-0.1, -0.05) is 23.7 Å². The second-order valence-electron chi connectivity index (χ2n) is 11.5. The van der Waals surface area contributed by atoms with Crippen LogP contribution in [0.15, 0.2) is 54.9 Å². The van der Waals surface area contributed by atoms with E-state index in [-0.39, 0.29) is 34.6 Å². The van der Waals surface area contributed by atoms with Gasteiger partial charge in [-0.2, -0.15) is 0 Å². The fraction of sp³-hybridized carbons (Fsp3) is 0.455. The van der Waals surface area contributed by atoms with Gasteiger partial charge in [0.25, 0.3) is 0 Å². The Morgan fingerprint density at radius 2 is 1.82 bits per heavy atom. The summed E-state index contributed by atoms with van der Waals surface area (Å²) < 4.78 is 20.2. The number of amides is 1. The summed E-state index contributed by atoms with van der Waals surface area (Å²) in [6.45, 7) is 8.05. The van der Waals surface area contributed by atoms with E-state index in [1.54, 1.807) is 24.5 Å². The highest BCUT2D eigenvalue weighted by Crippen LogP contribution is 2.31. The Hall–Kier alpha value is -2.76. The summed E-state index contributed by atoms with van der Waals surface area (Å²) in [7, 11) is 0. The van der Waals surface area contributed by atoms with Gasteiger partial charge >= 0.3 is 0 Å². The smallest absolute Gasteiger partial charge is 0.239 e. The van der Waals surface area contributed by atoms with Crippen LogP contribution in [0.1, 0.15) is 30.9 Å². The van der Waals surface area contributed by atoms with Crippen molar-refractivity contribution in [1.29, 1.82) is 0 Å². The SMILES string of the molecule is Br.CCOc1cccc(F)c1CN1CCN(C(=O)C(N)C2CCN(CCc3cc(Cl)ccc3-c3cnccc3N)CC2)CC1. The standard InChI is InChI=1S/C33H42ClFN6O2.BrH/c1-2-43-31-5-3-4-29(35)28(31)22-40-16-18-41(19-17-40)33(42)32(37)23-9-13-39(14-10-23)15-11-24-20-25(34)6-7-26(24)27-21-38-12-8-30(27)36;/h3-8,12,20-21,23,32H,2,9-11,13-19,22,37H2,1H3,(H2,36,38);1H. The van der Waals surface area contributed by atoms with Crippen molar-refractivity contribution >= 4 is 40.2 Å². The average Bonchev–Trinajstić information content (AvgIpc) is 3.02. The first-order valence-electron chi connectivity index (χ1n) is 15.2. The number of nitrogens with two attached hydrogens (primary N) is 2. The van der Waals surface area contributed by atoms with Crippen LogP contribution in [-0.2, 0) is 17.8 Å². The molecule has 0 saturated carbocycles. The van der Waals surface area contributed by atoms with E-state index in [4.69, 9.17) is 27.8 Å². The molecule has 44 heavy (non-hydrogen) atoms. The number of pyridine rings is 1. The van der Waals surface area contributed by atoms with Crippen LogP contribution in [0.25, 0.3) is 11.1 Å². The number of carbonyl (C=O) groups is 1.